The van der Waals surface area contributed by atoms with Gasteiger partial charge in [-0.25, -0.2) is 18.2 Å². The fourth-order valence-electron chi connectivity index (χ4n) is 4.59. The third kappa shape index (κ3) is 4.84. The Hall–Kier alpha value is -3.34. The Kier molecular flexibility index (Phi) is 6.50. The second-order valence-electron chi connectivity index (χ2n) is 9.27. The molecule has 0 unspecified atom stereocenters. The van der Waals surface area contributed by atoms with Crippen molar-refractivity contribution in [3.63, 3.8) is 0 Å². The number of nitrogens with zero attached hydrogens (tertiary/aromatic N) is 2. The number of nitrogens with one attached hydrogen (secondary N) is 1. The highest BCUT2D eigenvalue weighted by molar-refractivity contribution is 7.89. The average molecular weight is 524 g/mol. The third-order valence-corrected chi connectivity index (χ3v) is 8.84. The summed E-state index contributed by atoms with van der Waals surface area (Å²) in [5, 5.41) is 5.48. The van der Waals surface area contributed by atoms with Gasteiger partial charge in [-0.15, -0.1) is 11.3 Å². The van der Waals surface area contributed by atoms with Crippen LogP contribution in [0.2, 0.25) is 0 Å². The maximum absolute atomic E-state index is 13.1. The first-order valence-corrected chi connectivity index (χ1v) is 13.9. The Labute approximate surface area is 212 Å². The zero-order valence-corrected chi connectivity index (χ0v) is 21.4. The molecule has 1 amide bonds. The molecule has 4 aromatic rings. The molecule has 10 heteroatoms. The molecular formula is C26H25N3O5S2. The standard InChI is InChI=1S/C26H25N3O5S2/c1-16-11-17(2)14-29(13-16)36(32,33)20-9-7-18(8-10-20)24(30)28-26-27-22(15-35-26)21-12-19-5-3-4-6-23(19)34-25(21)31/h3-10,12,15-17H,11,13-14H2,1-2H3,(H,27,28,30)/t16-,17-/m0/s1. The number of benzene rings is 2. The summed E-state index contributed by atoms with van der Waals surface area (Å²) in [4.78, 5) is 29.7. The molecule has 5 rings (SSSR count). The number of hydrogen-bond acceptors (Lipinski definition) is 7. The van der Waals surface area contributed by atoms with Crippen molar-refractivity contribution in [3.8, 4) is 11.3 Å². The molecule has 0 bridgehead atoms. The van der Waals surface area contributed by atoms with Gasteiger partial charge >= 0.3 is 5.63 Å². The van der Waals surface area contributed by atoms with Crippen molar-refractivity contribution in [2.75, 3.05) is 18.4 Å². The molecule has 3 heterocycles. The first-order valence-electron chi connectivity index (χ1n) is 11.6. The van der Waals surface area contributed by atoms with E-state index in [0.29, 0.717) is 52.5 Å². The third-order valence-electron chi connectivity index (χ3n) is 6.23. The van der Waals surface area contributed by atoms with Gasteiger partial charge in [0, 0.05) is 29.4 Å². The van der Waals surface area contributed by atoms with E-state index in [-0.39, 0.29) is 4.90 Å². The van der Waals surface area contributed by atoms with E-state index < -0.39 is 21.6 Å². The molecule has 2 aromatic carbocycles. The summed E-state index contributed by atoms with van der Waals surface area (Å²) in [6, 6.07) is 14.8. The van der Waals surface area contributed by atoms with Crippen LogP contribution < -0.4 is 10.9 Å². The molecule has 0 saturated carbocycles. The Morgan fingerprint density at radius 2 is 1.78 bits per heavy atom. The SMILES string of the molecule is C[C@H]1C[C@H](C)CN(S(=O)(=O)c2ccc(C(=O)Nc3nc(-c4cc5ccccc5oc4=O)cs3)cc2)C1. The summed E-state index contributed by atoms with van der Waals surface area (Å²) in [6.45, 7) is 5.11. The molecule has 1 aliphatic heterocycles. The van der Waals surface area contributed by atoms with E-state index in [9.17, 15) is 18.0 Å². The fraction of sp³-hybridized carbons (Fsp3) is 0.269. The average Bonchev–Trinajstić information content (AvgIpc) is 3.31. The minimum Gasteiger partial charge on any atom is -0.422 e. The predicted molar refractivity (Wildman–Crippen MR) is 140 cm³/mol. The number of rotatable bonds is 5. The van der Waals surface area contributed by atoms with Crippen LogP contribution in [-0.2, 0) is 10.0 Å². The Morgan fingerprint density at radius 3 is 2.50 bits per heavy atom. The highest BCUT2D eigenvalue weighted by atomic mass is 32.2. The number of carbonyl (C=O) groups is 1. The van der Waals surface area contributed by atoms with Gasteiger partial charge in [0.15, 0.2) is 5.13 Å². The van der Waals surface area contributed by atoms with Crippen molar-refractivity contribution in [3.05, 3.63) is 76.0 Å². The van der Waals surface area contributed by atoms with Gasteiger partial charge in [-0.3, -0.25) is 10.1 Å². The molecule has 36 heavy (non-hydrogen) atoms. The first-order chi connectivity index (χ1) is 17.2. The maximum Gasteiger partial charge on any atom is 0.345 e. The number of sulfonamides is 1. The summed E-state index contributed by atoms with van der Waals surface area (Å²) in [5.74, 6) is 0.182. The summed E-state index contributed by atoms with van der Waals surface area (Å²) in [5.41, 5.74) is 0.995. The molecule has 0 spiro atoms. The van der Waals surface area contributed by atoms with E-state index in [2.05, 4.69) is 24.1 Å². The predicted octanol–water partition coefficient (Wildman–Crippen LogP) is 4.84. The van der Waals surface area contributed by atoms with Crippen LogP contribution in [0.5, 0.6) is 0 Å². The van der Waals surface area contributed by atoms with Crippen molar-refractivity contribution in [1.82, 2.24) is 9.29 Å². The molecule has 1 saturated heterocycles. The van der Waals surface area contributed by atoms with Gasteiger partial charge in [0.1, 0.15) is 5.58 Å². The zero-order chi connectivity index (χ0) is 25.4. The van der Waals surface area contributed by atoms with Crippen LogP contribution in [0.4, 0.5) is 5.13 Å². The summed E-state index contributed by atoms with van der Waals surface area (Å²) in [6.07, 6.45) is 1.01. The van der Waals surface area contributed by atoms with Crippen molar-refractivity contribution < 1.29 is 17.6 Å². The van der Waals surface area contributed by atoms with Crippen molar-refractivity contribution in [1.29, 1.82) is 0 Å². The van der Waals surface area contributed by atoms with Crippen molar-refractivity contribution >= 4 is 43.4 Å². The van der Waals surface area contributed by atoms with Gasteiger partial charge in [0.2, 0.25) is 10.0 Å². The van der Waals surface area contributed by atoms with Crippen LogP contribution in [0.3, 0.4) is 0 Å². The molecule has 0 radical (unpaired) electrons. The van der Waals surface area contributed by atoms with Gasteiger partial charge in [0.05, 0.1) is 16.2 Å². The highest BCUT2D eigenvalue weighted by Crippen LogP contribution is 2.28. The molecule has 0 aliphatic carbocycles. The minimum atomic E-state index is -3.62. The van der Waals surface area contributed by atoms with Crippen LogP contribution in [-0.4, -0.2) is 36.7 Å². The number of carbonyl (C=O) groups excluding carboxylic acids is 1. The van der Waals surface area contributed by atoms with Gasteiger partial charge in [-0.2, -0.15) is 4.31 Å². The van der Waals surface area contributed by atoms with E-state index in [0.717, 1.165) is 11.8 Å². The lowest BCUT2D eigenvalue weighted by atomic mass is 9.94. The van der Waals surface area contributed by atoms with Crippen molar-refractivity contribution in [2.24, 2.45) is 11.8 Å². The smallest absolute Gasteiger partial charge is 0.345 e. The second-order valence-corrected chi connectivity index (χ2v) is 12.1. The molecule has 1 aliphatic rings. The van der Waals surface area contributed by atoms with Gasteiger partial charge in [-0.05, 0) is 54.7 Å². The lowest BCUT2D eigenvalue weighted by Gasteiger charge is -2.34. The van der Waals surface area contributed by atoms with Gasteiger partial charge in [0.25, 0.3) is 5.91 Å². The summed E-state index contributed by atoms with van der Waals surface area (Å²) < 4.78 is 33.1. The van der Waals surface area contributed by atoms with Crippen LogP contribution in [0.1, 0.15) is 30.6 Å². The van der Waals surface area contributed by atoms with E-state index >= 15 is 0 Å². The number of hydrogen-bond donors (Lipinski definition) is 1. The maximum atomic E-state index is 13.1. The molecule has 186 valence electrons. The number of fused-ring (bicyclic) bond motifs is 1. The quantitative estimate of drug-likeness (QED) is 0.375. The Bertz CT molecular complexity index is 1580. The number of piperidine rings is 1. The molecular weight excluding hydrogens is 498 g/mol. The van der Waals surface area contributed by atoms with Crippen LogP contribution >= 0.6 is 11.3 Å². The Balaban J connectivity index is 1.31. The molecule has 1 N–H and O–H groups in total. The van der Waals surface area contributed by atoms with Crippen molar-refractivity contribution in [2.45, 2.75) is 25.2 Å². The molecule has 2 atom stereocenters. The first kappa shape index (κ1) is 24.4. The largest absolute Gasteiger partial charge is 0.422 e. The summed E-state index contributed by atoms with van der Waals surface area (Å²) in [7, 11) is -3.62. The van der Waals surface area contributed by atoms with Crippen LogP contribution in [0, 0.1) is 11.8 Å². The zero-order valence-electron chi connectivity index (χ0n) is 19.8. The molecule has 2 aromatic heterocycles. The van der Waals surface area contributed by atoms with E-state index in [1.54, 1.807) is 23.6 Å². The Morgan fingerprint density at radius 1 is 1.08 bits per heavy atom. The normalized spacial score (nSPS) is 18.8. The van der Waals surface area contributed by atoms with Gasteiger partial charge < -0.3 is 4.42 Å². The highest BCUT2D eigenvalue weighted by Gasteiger charge is 2.31. The lowest BCUT2D eigenvalue weighted by Crippen LogP contribution is -2.42. The van der Waals surface area contributed by atoms with E-state index in [4.69, 9.17) is 4.42 Å². The lowest BCUT2D eigenvalue weighted by molar-refractivity contribution is 0.102. The van der Waals surface area contributed by atoms with E-state index in [1.165, 1.54) is 39.9 Å². The van der Waals surface area contributed by atoms with Gasteiger partial charge in [-0.1, -0.05) is 32.0 Å². The molecule has 1 fully saturated rings. The van der Waals surface area contributed by atoms with Crippen LogP contribution in [0.15, 0.2) is 74.1 Å². The number of aromatic nitrogens is 1. The van der Waals surface area contributed by atoms with Crippen LogP contribution in [0.25, 0.3) is 22.2 Å². The summed E-state index contributed by atoms with van der Waals surface area (Å²) >= 11 is 1.18. The topological polar surface area (TPSA) is 110 Å². The van der Waals surface area contributed by atoms with E-state index in [1.807, 2.05) is 12.1 Å². The minimum absolute atomic E-state index is 0.167. The number of para-hydroxylation sites is 1. The number of thiazole rings is 1. The monoisotopic (exact) mass is 523 g/mol. The fourth-order valence-corrected chi connectivity index (χ4v) is 6.98. The molecule has 8 nitrogen and oxygen atoms in total. The second kappa shape index (κ2) is 9.61. The number of anilines is 1. The number of amides is 1.